The van der Waals surface area contributed by atoms with Crippen LogP contribution in [0, 0.1) is 23.2 Å². The van der Waals surface area contributed by atoms with Gasteiger partial charge in [0.2, 0.25) is 0 Å². The van der Waals surface area contributed by atoms with Gasteiger partial charge in [-0.15, -0.1) is 0 Å². The van der Waals surface area contributed by atoms with E-state index in [1.165, 1.54) is 12.8 Å². The van der Waals surface area contributed by atoms with Gasteiger partial charge in [-0.3, -0.25) is 9.59 Å². The van der Waals surface area contributed by atoms with Gasteiger partial charge in [0.25, 0.3) is 5.97 Å². The van der Waals surface area contributed by atoms with Crippen LogP contribution in [-0.2, 0) is 9.59 Å². The lowest BCUT2D eigenvalue weighted by Gasteiger charge is -2.19. The van der Waals surface area contributed by atoms with Gasteiger partial charge in [0.1, 0.15) is 5.78 Å². The van der Waals surface area contributed by atoms with Gasteiger partial charge in [0.05, 0.1) is 23.9 Å². The third kappa shape index (κ3) is 8.68. The third-order valence-electron chi connectivity index (χ3n) is 3.99. The fourth-order valence-corrected chi connectivity index (χ4v) is 2.87. The van der Waals surface area contributed by atoms with E-state index in [0.717, 1.165) is 26.2 Å². The average molecular weight is 339 g/mol. The molecule has 0 heterocycles. The fourth-order valence-electron chi connectivity index (χ4n) is 2.87. The number of unbranched alkanes of at least 4 members (excludes halogenated alkanes) is 4. The number of nitrogens with zero attached hydrogens (tertiary/aromatic N) is 1. The third-order valence-corrected chi connectivity index (χ3v) is 3.99. The molecule has 0 saturated heterocycles. The van der Waals surface area contributed by atoms with Crippen molar-refractivity contribution in [3.05, 3.63) is 11.8 Å². The van der Waals surface area contributed by atoms with Gasteiger partial charge in [-0.25, -0.2) is 0 Å². The van der Waals surface area contributed by atoms with Crippen LogP contribution in [0.3, 0.4) is 0 Å². The number of allylic oxidation sites excluding steroid dienone is 1. The Kier molecular flexibility index (Phi) is 11.6. The van der Waals surface area contributed by atoms with Crippen LogP contribution in [-0.4, -0.2) is 33.2 Å². The number of aliphatic carboxylic acids is 1. The van der Waals surface area contributed by atoms with E-state index in [9.17, 15) is 15.0 Å². The predicted molar refractivity (Wildman–Crippen MR) is 90.2 cm³/mol. The van der Waals surface area contributed by atoms with Crippen molar-refractivity contribution >= 4 is 11.8 Å². The van der Waals surface area contributed by atoms with E-state index in [2.05, 4.69) is 6.92 Å². The van der Waals surface area contributed by atoms with Crippen LogP contribution in [0.4, 0.5) is 0 Å². The molecule has 0 radical (unpaired) electrons. The number of aliphatic hydroxyl groups is 2. The lowest BCUT2D eigenvalue weighted by molar-refractivity contribution is -0.134. The van der Waals surface area contributed by atoms with Gasteiger partial charge in [0, 0.05) is 25.7 Å². The smallest absolute Gasteiger partial charge is 0.300 e. The number of carbonyl (C=O) groups is 2. The molecule has 24 heavy (non-hydrogen) atoms. The molecule has 3 N–H and O–H groups in total. The van der Waals surface area contributed by atoms with Crippen LogP contribution in [0.1, 0.15) is 65.2 Å². The maximum atomic E-state index is 11.8. The van der Waals surface area contributed by atoms with Crippen molar-refractivity contribution in [2.75, 3.05) is 0 Å². The second kappa shape index (κ2) is 12.5. The van der Waals surface area contributed by atoms with E-state index in [-0.39, 0.29) is 24.4 Å². The van der Waals surface area contributed by atoms with Crippen molar-refractivity contribution in [2.24, 2.45) is 11.8 Å². The Morgan fingerprint density at radius 1 is 1.33 bits per heavy atom. The molecule has 0 spiro atoms. The van der Waals surface area contributed by atoms with E-state index in [0.29, 0.717) is 6.42 Å². The van der Waals surface area contributed by atoms with Crippen LogP contribution in [0.2, 0.25) is 0 Å². The molecule has 0 unspecified atom stereocenters. The van der Waals surface area contributed by atoms with Crippen LogP contribution in [0.5, 0.6) is 0 Å². The highest BCUT2D eigenvalue weighted by Gasteiger charge is 2.43. The average Bonchev–Trinajstić information content (AvgIpc) is 2.78. The zero-order chi connectivity index (χ0) is 18.5. The van der Waals surface area contributed by atoms with E-state index < -0.39 is 23.9 Å². The van der Waals surface area contributed by atoms with E-state index in [1.54, 1.807) is 6.08 Å². The van der Waals surface area contributed by atoms with Crippen molar-refractivity contribution in [3.63, 3.8) is 0 Å². The first-order valence-electron chi connectivity index (χ1n) is 8.51. The number of rotatable bonds is 8. The zero-order valence-corrected chi connectivity index (χ0v) is 14.6. The quantitative estimate of drug-likeness (QED) is 0.461. The van der Waals surface area contributed by atoms with Crippen LogP contribution < -0.4 is 0 Å². The molecule has 1 aliphatic carbocycles. The number of nitriles is 1. The van der Waals surface area contributed by atoms with Crippen molar-refractivity contribution in [1.82, 2.24) is 0 Å². The van der Waals surface area contributed by atoms with Crippen LogP contribution in [0.25, 0.3) is 0 Å². The standard InChI is InChI=1S/C16H25NO3.C2H4O2/c1-2-3-4-5-6-9-13(18)16-12(8-7-10-17)14(19)11-15(16)20;1-2(3)4/h9,12,15-16,18,20H,2-8,11H2,1H3;1H3,(H,3,4)/t12-,15+,16-;/m0./s1. The molecule has 1 rings (SSSR count). The Hall–Kier alpha value is -1.87. The Bertz CT molecular complexity index is 463. The Morgan fingerprint density at radius 3 is 2.50 bits per heavy atom. The van der Waals surface area contributed by atoms with E-state index >= 15 is 0 Å². The van der Waals surface area contributed by atoms with Crippen molar-refractivity contribution in [2.45, 2.75) is 71.3 Å². The molecule has 0 bridgehead atoms. The van der Waals surface area contributed by atoms with Crippen molar-refractivity contribution in [1.29, 1.82) is 5.26 Å². The Morgan fingerprint density at radius 2 is 1.96 bits per heavy atom. The van der Waals surface area contributed by atoms with Crippen LogP contribution in [0.15, 0.2) is 11.8 Å². The fraction of sp³-hybridized carbons (Fsp3) is 0.722. The molecule has 6 nitrogen and oxygen atoms in total. The van der Waals surface area contributed by atoms with Gasteiger partial charge < -0.3 is 15.3 Å². The second-order valence-corrected chi connectivity index (χ2v) is 6.06. The summed E-state index contributed by atoms with van der Waals surface area (Å²) in [5.41, 5.74) is 0. The van der Waals surface area contributed by atoms with E-state index in [4.69, 9.17) is 15.2 Å². The minimum absolute atomic E-state index is 0.0383. The maximum Gasteiger partial charge on any atom is 0.300 e. The summed E-state index contributed by atoms with van der Waals surface area (Å²) in [6.45, 7) is 3.23. The molecule has 0 aromatic rings. The summed E-state index contributed by atoms with van der Waals surface area (Å²) in [5.74, 6) is -1.66. The number of aliphatic hydroxyl groups excluding tert-OH is 2. The lowest BCUT2D eigenvalue weighted by Crippen LogP contribution is -2.22. The first-order chi connectivity index (χ1) is 11.3. The zero-order valence-electron chi connectivity index (χ0n) is 14.6. The van der Waals surface area contributed by atoms with Gasteiger partial charge >= 0.3 is 0 Å². The normalized spacial score (nSPS) is 23.3. The van der Waals surface area contributed by atoms with Gasteiger partial charge in [0.15, 0.2) is 0 Å². The molecule has 6 heteroatoms. The highest BCUT2D eigenvalue weighted by molar-refractivity contribution is 5.84. The number of Topliss-reactive ketones (excluding diaryl/α,β-unsaturated/α-hetero) is 1. The van der Waals surface area contributed by atoms with E-state index in [1.807, 2.05) is 6.07 Å². The number of carbonyl (C=O) groups excluding carboxylic acids is 1. The molecule has 1 fully saturated rings. The lowest BCUT2D eigenvalue weighted by atomic mass is 9.88. The molecule has 0 aromatic heterocycles. The van der Waals surface area contributed by atoms with Crippen LogP contribution >= 0.6 is 0 Å². The molecular formula is C18H29NO5. The summed E-state index contributed by atoms with van der Waals surface area (Å²) < 4.78 is 0. The largest absolute Gasteiger partial charge is 0.512 e. The second-order valence-electron chi connectivity index (χ2n) is 6.06. The predicted octanol–water partition coefficient (Wildman–Crippen LogP) is 3.36. The SMILES string of the molecule is CC(=O)O.CCCCCCC=C(O)[C@H]1[C@H](O)CC(=O)[C@@H]1CCC#N. The molecule has 0 amide bonds. The molecule has 0 aromatic carbocycles. The Balaban J connectivity index is 0.00000118. The summed E-state index contributed by atoms with van der Waals surface area (Å²) in [6, 6.07) is 2.02. The molecular weight excluding hydrogens is 310 g/mol. The summed E-state index contributed by atoms with van der Waals surface area (Å²) in [5, 5.41) is 36.1. The minimum atomic E-state index is -0.833. The highest BCUT2D eigenvalue weighted by Crippen LogP contribution is 2.36. The molecule has 0 aliphatic heterocycles. The maximum absolute atomic E-state index is 11.8. The Labute approximate surface area is 143 Å². The minimum Gasteiger partial charge on any atom is -0.512 e. The molecule has 136 valence electrons. The summed E-state index contributed by atoms with van der Waals surface area (Å²) in [7, 11) is 0. The van der Waals surface area contributed by atoms with Gasteiger partial charge in [-0.2, -0.15) is 5.26 Å². The topological polar surface area (TPSA) is 119 Å². The monoisotopic (exact) mass is 339 g/mol. The molecule has 3 atom stereocenters. The first-order valence-corrected chi connectivity index (χ1v) is 8.51. The number of ketones is 1. The number of carboxylic acids is 1. The van der Waals surface area contributed by atoms with Gasteiger partial charge in [-0.05, 0) is 25.3 Å². The first kappa shape index (κ1) is 22.1. The number of carboxylic acid groups (broad SMARTS) is 1. The summed E-state index contributed by atoms with van der Waals surface area (Å²) >= 11 is 0. The number of hydrogen-bond donors (Lipinski definition) is 3. The van der Waals surface area contributed by atoms with Crippen molar-refractivity contribution < 1.29 is 24.9 Å². The number of hydrogen-bond acceptors (Lipinski definition) is 5. The molecule has 1 saturated carbocycles. The highest BCUT2D eigenvalue weighted by atomic mass is 16.4. The molecule has 1 aliphatic rings. The summed E-state index contributed by atoms with van der Waals surface area (Å²) in [6.07, 6.45) is 6.99. The van der Waals surface area contributed by atoms with Gasteiger partial charge in [-0.1, -0.05) is 26.2 Å². The summed E-state index contributed by atoms with van der Waals surface area (Å²) in [4.78, 5) is 20.8. The van der Waals surface area contributed by atoms with Crippen molar-refractivity contribution in [3.8, 4) is 6.07 Å².